The molecule has 3 atom stereocenters. The summed E-state index contributed by atoms with van der Waals surface area (Å²) in [7, 11) is -1.20. The van der Waals surface area contributed by atoms with E-state index < -0.39 is 16.9 Å². The van der Waals surface area contributed by atoms with E-state index in [4.69, 9.17) is 4.74 Å². The Kier molecular flexibility index (Phi) is 4.19. The van der Waals surface area contributed by atoms with Gasteiger partial charge in [-0.1, -0.05) is 17.7 Å². The van der Waals surface area contributed by atoms with Crippen LogP contribution < -0.4 is 0 Å². The number of ether oxygens (including phenoxy) is 1. The number of allylic oxidation sites excluding steroid dienone is 1. The maximum absolute atomic E-state index is 12.4. The van der Waals surface area contributed by atoms with Crippen molar-refractivity contribution < 1.29 is 14.1 Å². The first-order chi connectivity index (χ1) is 8.61. The molecule has 3 nitrogen and oxygen atoms in total. The topological polar surface area (TPSA) is 46.5 Å². The van der Waals surface area contributed by atoms with Gasteiger partial charge in [0.1, 0.15) is 0 Å². The minimum Gasteiger partial charge on any atom is -0.498 e. The predicted octanol–water partition coefficient (Wildman–Crippen LogP) is 2.16. The molecule has 0 bridgehead atoms. The Labute approximate surface area is 110 Å². The van der Waals surface area contributed by atoms with Crippen LogP contribution in [0.1, 0.15) is 18.9 Å². The van der Waals surface area contributed by atoms with Crippen LogP contribution >= 0.6 is 0 Å². The highest BCUT2D eigenvalue weighted by Gasteiger charge is 2.32. The largest absolute Gasteiger partial charge is 0.498 e. The molecule has 1 N–H and O–H groups in total. The summed E-state index contributed by atoms with van der Waals surface area (Å²) < 4.78 is 17.8. The standard InChI is InChI=1S/C14H18O3S/c1-3-17-11-8-13(15)14(9-11)18(16)12-6-4-10(2)5-7-12/h4-8,13-15H,3,9H2,1-2H3/t13-,14+,18-/m1/s1. The van der Waals surface area contributed by atoms with Crippen LogP contribution in [0.3, 0.4) is 0 Å². The number of benzene rings is 1. The van der Waals surface area contributed by atoms with Crippen LogP contribution in [0.5, 0.6) is 0 Å². The molecule has 0 saturated carbocycles. The Morgan fingerprint density at radius 1 is 1.39 bits per heavy atom. The Hall–Kier alpha value is -1.13. The quantitative estimate of drug-likeness (QED) is 0.908. The highest BCUT2D eigenvalue weighted by molar-refractivity contribution is 7.85. The maximum atomic E-state index is 12.4. The SMILES string of the molecule is CCOC1=C[C@@H](O)[C@@H]([S@](=O)c2ccc(C)cc2)C1. The summed E-state index contributed by atoms with van der Waals surface area (Å²) in [5.41, 5.74) is 1.14. The van der Waals surface area contributed by atoms with Crippen LogP contribution in [0.15, 0.2) is 41.0 Å². The van der Waals surface area contributed by atoms with Crippen LogP contribution in [0.2, 0.25) is 0 Å². The van der Waals surface area contributed by atoms with Crippen LogP contribution in [-0.4, -0.2) is 27.3 Å². The van der Waals surface area contributed by atoms with E-state index in [1.165, 1.54) is 0 Å². The van der Waals surface area contributed by atoms with Crippen molar-refractivity contribution in [1.82, 2.24) is 0 Å². The lowest BCUT2D eigenvalue weighted by Gasteiger charge is -2.14. The fourth-order valence-electron chi connectivity index (χ4n) is 2.03. The number of hydrogen-bond donors (Lipinski definition) is 1. The molecule has 4 heteroatoms. The lowest BCUT2D eigenvalue weighted by molar-refractivity contribution is 0.221. The maximum Gasteiger partial charge on any atom is 0.0959 e. The minimum atomic E-state index is -1.20. The molecule has 1 aromatic carbocycles. The van der Waals surface area contributed by atoms with Crippen molar-refractivity contribution in [3.63, 3.8) is 0 Å². The van der Waals surface area contributed by atoms with Crippen molar-refractivity contribution in [2.45, 2.75) is 36.5 Å². The zero-order valence-corrected chi connectivity index (χ0v) is 11.4. The van der Waals surface area contributed by atoms with Gasteiger partial charge >= 0.3 is 0 Å². The van der Waals surface area contributed by atoms with Crippen molar-refractivity contribution >= 4 is 10.8 Å². The van der Waals surface area contributed by atoms with E-state index in [9.17, 15) is 9.32 Å². The Bertz CT molecular complexity index is 464. The molecule has 2 rings (SSSR count). The third-order valence-electron chi connectivity index (χ3n) is 3.00. The molecule has 0 radical (unpaired) electrons. The molecule has 0 spiro atoms. The van der Waals surface area contributed by atoms with Gasteiger partial charge in [-0.2, -0.15) is 0 Å². The van der Waals surface area contributed by atoms with E-state index in [0.717, 1.165) is 16.2 Å². The Morgan fingerprint density at radius 2 is 2.06 bits per heavy atom. The number of hydrogen-bond acceptors (Lipinski definition) is 3. The Balaban J connectivity index is 2.09. The zero-order valence-electron chi connectivity index (χ0n) is 10.6. The second-order valence-electron chi connectivity index (χ2n) is 4.41. The van der Waals surface area contributed by atoms with Crippen LogP contribution in [-0.2, 0) is 15.5 Å². The first kappa shape index (κ1) is 13.3. The van der Waals surface area contributed by atoms with Gasteiger partial charge in [0.25, 0.3) is 0 Å². The van der Waals surface area contributed by atoms with E-state index in [0.29, 0.717) is 13.0 Å². The molecule has 0 aromatic heterocycles. The fourth-order valence-corrected chi connectivity index (χ4v) is 3.43. The first-order valence-corrected chi connectivity index (χ1v) is 7.32. The van der Waals surface area contributed by atoms with Gasteiger partial charge in [0, 0.05) is 11.3 Å². The van der Waals surface area contributed by atoms with Crippen LogP contribution in [0.25, 0.3) is 0 Å². The molecule has 0 unspecified atom stereocenters. The van der Waals surface area contributed by atoms with Crippen LogP contribution in [0, 0.1) is 6.92 Å². The summed E-state index contributed by atoms with van der Waals surface area (Å²) in [6, 6.07) is 7.59. The van der Waals surface area contributed by atoms with E-state index in [2.05, 4.69) is 0 Å². The average molecular weight is 266 g/mol. The smallest absolute Gasteiger partial charge is 0.0959 e. The summed E-state index contributed by atoms with van der Waals surface area (Å²) in [4.78, 5) is 0.760. The number of aliphatic hydroxyl groups excluding tert-OH is 1. The van der Waals surface area contributed by atoms with Crippen molar-refractivity contribution in [2.75, 3.05) is 6.61 Å². The molecular formula is C14H18O3S. The third-order valence-corrected chi connectivity index (χ3v) is 4.73. The molecule has 1 aliphatic rings. The van der Waals surface area contributed by atoms with Crippen molar-refractivity contribution in [3.05, 3.63) is 41.7 Å². The molecule has 1 aromatic rings. The summed E-state index contributed by atoms with van der Waals surface area (Å²) in [6.07, 6.45) is 1.52. The second-order valence-corrected chi connectivity index (χ2v) is 6.08. The van der Waals surface area contributed by atoms with E-state index in [-0.39, 0.29) is 5.25 Å². The molecule has 0 amide bonds. The van der Waals surface area contributed by atoms with Crippen molar-refractivity contribution in [2.24, 2.45) is 0 Å². The summed E-state index contributed by atoms with van der Waals surface area (Å²) in [5.74, 6) is 0.746. The van der Waals surface area contributed by atoms with Gasteiger partial charge in [-0.05, 0) is 32.1 Å². The first-order valence-electron chi connectivity index (χ1n) is 6.10. The normalized spacial score (nSPS) is 24.7. The van der Waals surface area contributed by atoms with E-state index >= 15 is 0 Å². The predicted molar refractivity (Wildman–Crippen MR) is 71.7 cm³/mol. The number of aliphatic hydroxyl groups is 1. The number of rotatable bonds is 4. The summed E-state index contributed by atoms with van der Waals surface area (Å²) in [5, 5.41) is 9.63. The van der Waals surface area contributed by atoms with Gasteiger partial charge in [0.05, 0.1) is 34.5 Å². The molecule has 0 heterocycles. The van der Waals surface area contributed by atoms with Gasteiger partial charge in [-0.25, -0.2) is 0 Å². The minimum absolute atomic E-state index is 0.297. The van der Waals surface area contributed by atoms with Gasteiger partial charge in [-0.3, -0.25) is 4.21 Å². The lowest BCUT2D eigenvalue weighted by atomic mass is 10.2. The van der Waals surface area contributed by atoms with E-state index in [1.54, 1.807) is 6.08 Å². The molecule has 1 aliphatic carbocycles. The van der Waals surface area contributed by atoms with Gasteiger partial charge < -0.3 is 9.84 Å². The van der Waals surface area contributed by atoms with Crippen molar-refractivity contribution in [3.8, 4) is 0 Å². The van der Waals surface area contributed by atoms with Crippen LogP contribution in [0.4, 0.5) is 0 Å². The third kappa shape index (κ3) is 2.82. The monoisotopic (exact) mass is 266 g/mol. The number of aryl methyl sites for hydroxylation is 1. The van der Waals surface area contributed by atoms with Gasteiger partial charge in [0.2, 0.25) is 0 Å². The zero-order chi connectivity index (χ0) is 13.1. The second kappa shape index (κ2) is 5.67. The molecular weight excluding hydrogens is 248 g/mol. The molecule has 0 saturated heterocycles. The molecule has 0 fully saturated rings. The van der Waals surface area contributed by atoms with Crippen molar-refractivity contribution in [1.29, 1.82) is 0 Å². The van der Waals surface area contributed by atoms with Gasteiger partial charge in [0.15, 0.2) is 0 Å². The summed E-state index contributed by atoms with van der Waals surface area (Å²) in [6.45, 7) is 4.46. The molecule has 0 aliphatic heterocycles. The summed E-state index contributed by atoms with van der Waals surface area (Å²) >= 11 is 0. The highest BCUT2D eigenvalue weighted by atomic mass is 32.2. The van der Waals surface area contributed by atoms with E-state index in [1.807, 2.05) is 38.1 Å². The highest BCUT2D eigenvalue weighted by Crippen LogP contribution is 2.27. The fraction of sp³-hybridized carbons (Fsp3) is 0.429. The average Bonchev–Trinajstić information content (AvgIpc) is 2.71. The lowest BCUT2D eigenvalue weighted by Crippen LogP contribution is -2.25. The molecule has 98 valence electrons. The molecule has 18 heavy (non-hydrogen) atoms. The van der Waals surface area contributed by atoms with Gasteiger partial charge in [-0.15, -0.1) is 0 Å². The Morgan fingerprint density at radius 3 is 2.67 bits per heavy atom.